The highest BCUT2D eigenvalue weighted by molar-refractivity contribution is 6.10. The fraction of sp³-hybridized carbons (Fsp3) is 0.446. The van der Waals surface area contributed by atoms with Gasteiger partial charge < -0.3 is 29.2 Å². The maximum Gasteiger partial charge on any atom is 0.168 e. The molecule has 1 aromatic heterocycles. The van der Waals surface area contributed by atoms with E-state index in [1.807, 2.05) is 18.2 Å². The molecule has 2 heterocycles. The second kappa shape index (κ2) is 23.6. The molecule has 9 heteroatoms. The molecule has 0 radical (unpaired) electrons. The van der Waals surface area contributed by atoms with E-state index in [0.29, 0.717) is 28.3 Å². The maximum absolute atomic E-state index is 16.7. The van der Waals surface area contributed by atoms with Gasteiger partial charge in [-0.15, -0.1) is 0 Å². The summed E-state index contributed by atoms with van der Waals surface area (Å²) in [7, 11) is 0. The van der Waals surface area contributed by atoms with Crippen molar-refractivity contribution >= 4 is 33.2 Å². The van der Waals surface area contributed by atoms with Crippen molar-refractivity contribution in [1.29, 1.82) is 0 Å². The van der Waals surface area contributed by atoms with E-state index in [9.17, 15) is 10.2 Å². The summed E-state index contributed by atoms with van der Waals surface area (Å²) in [5, 5.41) is 28.1. The molecule has 1 aliphatic heterocycles. The van der Waals surface area contributed by atoms with Gasteiger partial charge in [-0.25, -0.2) is 13.2 Å². The van der Waals surface area contributed by atoms with Gasteiger partial charge in [0.25, 0.3) is 0 Å². The molecule has 2 unspecified atom stereocenters. The number of anilines is 2. The Bertz CT molecular complexity index is 4160. The van der Waals surface area contributed by atoms with Crippen LogP contribution in [0, 0.1) is 33.7 Å². The van der Waals surface area contributed by atoms with E-state index in [-0.39, 0.29) is 92.5 Å². The molecule has 92 heavy (non-hydrogen) atoms. The Morgan fingerprint density at radius 2 is 0.935 bits per heavy atom. The number of ether oxygens (including phenoxy) is 2. The van der Waals surface area contributed by atoms with Crippen LogP contribution in [0.2, 0.25) is 0 Å². The zero-order chi connectivity index (χ0) is 67.5. The minimum atomic E-state index is -0.917. The number of allylic oxidation sites excluding steroid dienone is 2. The first-order valence-electron chi connectivity index (χ1n) is 33.2. The molecule has 1 aliphatic carbocycles. The highest BCUT2D eigenvalue weighted by Crippen LogP contribution is 2.56. The molecule has 10 rings (SSSR count). The molecule has 488 valence electrons. The number of phenols is 2. The summed E-state index contributed by atoms with van der Waals surface area (Å²) in [6.45, 7) is 48.7. The lowest BCUT2D eigenvalue weighted by Crippen LogP contribution is -2.31. The molecule has 7 aromatic carbocycles. The summed E-state index contributed by atoms with van der Waals surface area (Å²) in [6, 6.07) is 34.1. The first-order valence-corrected chi connectivity index (χ1v) is 33.2. The molecule has 8 aromatic rings. The third kappa shape index (κ3) is 13.5. The van der Waals surface area contributed by atoms with Crippen LogP contribution in [-0.4, -0.2) is 34.0 Å². The van der Waals surface area contributed by atoms with E-state index in [2.05, 4.69) is 241 Å². The van der Waals surface area contributed by atoms with Crippen LogP contribution < -0.4 is 14.4 Å². The zero-order valence-corrected chi connectivity index (χ0v) is 59.1. The van der Waals surface area contributed by atoms with Crippen molar-refractivity contribution in [3.05, 3.63) is 184 Å². The number of aromatic hydroxyl groups is 2. The van der Waals surface area contributed by atoms with Crippen LogP contribution in [0.4, 0.5) is 24.5 Å². The predicted octanol–water partition coefficient (Wildman–Crippen LogP) is 23.3. The minimum absolute atomic E-state index is 0.00340. The summed E-state index contributed by atoms with van der Waals surface area (Å²) < 4.78 is 63.8. The van der Waals surface area contributed by atoms with Gasteiger partial charge in [-0.3, -0.25) is 0 Å². The molecule has 0 saturated carbocycles. The van der Waals surface area contributed by atoms with Crippen LogP contribution in [0.5, 0.6) is 23.0 Å². The Labute approximate surface area is 547 Å². The first-order chi connectivity index (χ1) is 42.4. The van der Waals surface area contributed by atoms with Crippen molar-refractivity contribution in [3.8, 4) is 50.9 Å². The lowest BCUT2D eigenvalue weighted by Gasteiger charge is -2.36. The van der Waals surface area contributed by atoms with E-state index in [0.717, 1.165) is 57.5 Å². The fourth-order valence-corrected chi connectivity index (χ4v) is 14.7. The average Bonchev–Trinajstić information content (AvgIpc) is 1.54. The summed E-state index contributed by atoms with van der Waals surface area (Å²) >= 11 is 0. The van der Waals surface area contributed by atoms with Crippen LogP contribution in [0.3, 0.4) is 0 Å². The maximum atomic E-state index is 16.7. The van der Waals surface area contributed by atoms with Crippen molar-refractivity contribution in [3.63, 3.8) is 0 Å². The molecular weight excluding hydrogens is 1150 g/mol. The Hall–Kier alpha value is -7.39. The standard InChI is InChI=1S/C83H101F3N2O4/c1-76(2,3)47-82(19,20)53-40-62(73(89)70(42-53)87-66-29-24-49(78(7,8)9)36-57(66)58-37-50(79(10,11)12)25-30-67(58)87)61-44-55(84)28-33-72(61)91-34-23-35-92-75-64(45-56(85)46-65(75)86)63-41-54(83(21,22)48-77(4,5)6)43-71(74(63)90)88-68-31-26-51(80(13,14)15)38-59(68)60-39-52(81(16,17)18)27-32-69(60)88/h24-33,36-46,57,66,89-90H,23,34-35,47-48H2,1-22H3. The normalized spacial score (nSPS) is 16.0. The zero-order valence-electron chi connectivity index (χ0n) is 59.1. The number of fused-ring (bicyclic) bond motifs is 6. The number of nitrogens with zero attached hydrogens (tertiary/aromatic N) is 2. The number of rotatable bonds is 14. The summed E-state index contributed by atoms with van der Waals surface area (Å²) in [5.41, 5.74) is 11.4. The number of aromatic nitrogens is 1. The molecule has 0 fully saturated rings. The summed E-state index contributed by atoms with van der Waals surface area (Å²) in [4.78, 5) is 2.27. The van der Waals surface area contributed by atoms with E-state index < -0.39 is 28.3 Å². The smallest absolute Gasteiger partial charge is 0.168 e. The van der Waals surface area contributed by atoms with E-state index in [4.69, 9.17) is 9.47 Å². The van der Waals surface area contributed by atoms with Crippen LogP contribution in [-0.2, 0) is 27.1 Å². The van der Waals surface area contributed by atoms with Crippen LogP contribution in [0.15, 0.2) is 133 Å². The summed E-state index contributed by atoms with van der Waals surface area (Å²) in [6.07, 6.45) is 8.72. The lowest BCUT2D eigenvalue weighted by atomic mass is 9.71. The van der Waals surface area contributed by atoms with Gasteiger partial charge in [-0.05, 0) is 174 Å². The van der Waals surface area contributed by atoms with Gasteiger partial charge in [-0.2, -0.15) is 0 Å². The van der Waals surface area contributed by atoms with Crippen molar-refractivity contribution in [1.82, 2.24) is 4.57 Å². The minimum Gasteiger partial charge on any atom is -0.505 e. The Balaban J connectivity index is 1.03. The Morgan fingerprint density at radius 3 is 1.47 bits per heavy atom. The van der Waals surface area contributed by atoms with Gasteiger partial charge in [0.05, 0.1) is 41.7 Å². The highest BCUT2D eigenvalue weighted by Gasteiger charge is 2.43. The van der Waals surface area contributed by atoms with Gasteiger partial charge in [0.2, 0.25) is 0 Å². The Kier molecular flexibility index (Phi) is 17.3. The van der Waals surface area contributed by atoms with Gasteiger partial charge in [0.1, 0.15) is 28.9 Å². The first kappa shape index (κ1) is 67.5. The molecule has 2 atom stereocenters. The van der Waals surface area contributed by atoms with Crippen molar-refractivity contribution in [2.75, 3.05) is 18.1 Å². The van der Waals surface area contributed by atoms with Crippen molar-refractivity contribution < 1.29 is 32.9 Å². The largest absolute Gasteiger partial charge is 0.505 e. The average molecular weight is 1250 g/mol. The van der Waals surface area contributed by atoms with E-state index in [1.165, 1.54) is 46.0 Å². The molecule has 2 aliphatic rings. The molecule has 2 N–H and O–H groups in total. The summed E-state index contributed by atoms with van der Waals surface area (Å²) in [5.74, 6) is -2.24. The number of hydrogen-bond acceptors (Lipinski definition) is 5. The SMILES string of the molecule is CC(C)(C)CC(C)(C)c1cc(-c2cc(F)ccc2OCCCOc2c(F)cc(F)cc2-c2cc(C(C)(C)CC(C)(C)C)cc(-n3c4ccc(C(C)(C)C)cc4c4cc(C(C)(C)C)ccc43)c2O)c(O)c(N2c3ccc(C(C)(C)C)cc3C3C=C(C(C)(C)C)C=CC32)c1. The van der Waals surface area contributed by atoms with Gasteiger partial charge in [0, 0.05) is 57.1 Å². The van der Waals surface area contributed by atoms with E-state index >= 15 is 13.2 Å². The molecule has 0 amide bonds. The molecule has 6 nitrogen and oxygen atoms in total. The van der Waals surface area contributed by atoms with Crippen LogP contribution in [0.25, 0.3) is 49.7 Å². The van der Waals surface area contributed by atoms with Gasteiger partial charge in [0.15, 0.2) is 11.6 Å². The third-order valence-electron chi connectivity index (χ3n) is 18.9. The number of hydrogen-bond donors (Lipinski definition) is 2. The van der Waals surface area contributed by atoms with E-state index in [1.54, 1.807) is 6.07 Å². The van der Waals surface area contributed by atoms with Crippen molar-refractivity contribution in [2.45, 2.75) is 211 Å². The number of phenolic OH excluding ortho intramolecular Hbond substituents is 2. The quantitative estimate of drug-likeness (QED) is 0.106. The van der Waals surface area contributed by atoms with Crippen LogP contribution in [0.1, 0.15) is 211 Å². The fourth-order valence-electron chi connectivity index (χ4n) is 14.7. The van der Waals surface area contributed by atoms with Gasteiger partial charge >= 0.3 is 0 Å². The predicted molar refractivity (Wildman–Crippen MR) is 379 cm³/mol. The molecule has 0 spiro atoms. The number of halogens is 3. The Morgan fingerprint density at radius 1 is 0.446 bits per heavy atom. The van der Waals surface area contributed by atoms with Gasteiger partial charge in [-0.1, -0.05) is 195 Å². The second-order valence-corrected chi connectivity index (χ2v) is 34.4. The molecule has 0 saturated heterocycles. The highest BCUT2D eigenvalue weighted by atomic mass is 19.1. The second-order valence-electron chi connectivity index (χ2n) is 34.4. The third-order valence-corrected chi connectivity index (χ3v) is 18.9. The molecule has 0 bridgehead atoms. The molecular formula is C83H101F3N2O4. The van der Waals surface area contributed by atoms with Crippen LogP contribution >= 0.6 is 0 Å². The monoisotopic (exact) mass is 1250 g/mol. The lowest BCUT2D eigenvalue weighted by molar-refractivity contribution is 0.242. The number of benzene rings is 7. The topological polar surface area (TPSA) is 67.1 Å². The van der Waals surface area contributed by atoms with Crippen molar-refractivity contribution in [2.24, 2.45) is 16.2 Å².